The van der Waals surface area contributed by atoms with Gasteiger partial charge >= 0.3 is 0 Å². The Labute approximate surface area is 302 Å². The minimum absolute atomic E-state index is 0.00504. The van der Waals surface area contributed by atoms with E-state index in [0.29, 0.717) is 59.5 Å². The number of aromatic nitrogens is 3. The lowest BCUT2D eigenvalue weighted by atomic mass is 9.73. The summed E-state index contributed by atoms with van der Waals surface area (Å²) in [4.78, 5) is 33.5. The third-order valence-corrected chi connectivity index (χ3v) is 9.72. The van der Waals surface area contributed by atoms with Crippen LogP contribution in [0.3, 0.4) is 0 Å². The second kappa shape index (κ2) is 15.0. The molecule has 0 fully saturated rings. The van der Waals surface area contributed by atoms with Gasteiger partial charge in [0.05, 0.1) is 43.6 Å². The van der Waals surface area contributed by atoms with Gasteiger partial charge in [-0.05, 0) is 91.3 Å². The number of nitrogens with one attached hydrogen (secondary N) is 1. The largest absolute Gasteiger partial charge is 0.490 e. The third-order valence-electron chi connectivity index (χ3n) is 9.72. The predicted octanol–water partition coefficient (Wildman–Crippen LogP) is 4.62. The molecule has 1 unspecified atom stereocenters. The predicted molar refractivity (Wildman–Crippen MR) is 194 cm³/mol. The number of benzene rings is 1. The molecule has 11 heteroatoms. The van der Waals surface area contributed by atoms with Crippen molar-refractivity contribution in [3.05, 3.63) is 88.4 Å². The van der Waals surface area contributed by atoms with E-state index in [4.69, 9.17) is 19.2 Å². The number of aryl methyl sites for hydroxylation is 1. The molecule has 1 amide bonds. The quantitative estimate of drug-likeness (QED) is 0.193. The number of carbonyl (C=O) groups is 2. The molecule has 0 radical (unpaired) electrons. The highest BCUT2D eigenvalue weighted by Gasteiger charge is 2.42. The number of amides is 1. The molecule has 4 aliphatic rings. The molecule has 52 heavy (non-hydrogen) atoms. The molecule has 3 aromatic rings. The highest BCUT2D eigenvalue weighted by molar-refractivity contribution is 6.01. The Morgan fingerprint density at radius 3 is 2.79 bits per heavy atom. The Balaban J connectivity index is 1.06. The number of hydrogen-bond donors (Lipinski definition) is 3. The lowest BCUT2D eigenvalue weighted by Gasteiger charge is -2.35. The molecule has 7 rings (SSSR count). The van der Waals surface area contributed by atoms with Crippen LogP contribution in [0, 0.1) is 23.7 Å². The fraction of sp³-hybridized carbons (Fsp3) is 0.366. The van der Waals surface area contributed by atoms with E-state index in [-0.39, 0.29) is 50.6 Å². The molecule has 0 saturated heterocycles. The Bertz CT molecular complexity index is 2170. The summed E-state index contributed by atoms with van der Waals surface area (Å²) in [6.07, 6.45) is 11.0. The topological polar surface area (TPSA) is 147 Å². The van der Waals surface area contributed by atoms with Gasteiger partial charge in [-0.25, -0.2) is 4.98 Å². The Morgan fingerprint density at radius 1 is 1.12 bits per heavy atom. The number of hydrogen-bond acceptors (Lipinski definition) is 9. The van der Waals surface area contributed by atoms with Crippen molar-refractivity contribution < 1.29 is 34.0 Å². The van der Waals surface area contributed by atoms with Crippen molar-refractivity contribution in [3.63, 3.8) is 0 Å². The number of aliphatic hydroxyl groups excluding tert-OH is 1. The standard InChI is InChI=1S/C41H40N4O7/c1-3-9-31-39-26(2)35(47)23-41(31,49)15-7-5-4-6-10-36(39)50-17-8-18-51-37-21-27-11-12-29-20-28(32-13-14-33-34(43-32)24-42-44-33)25-45(29)40(48)30(27)22-38(37)52-19-16-46/h4-5,9,13-14,21-22,24-25,29,36,46,49H,3,8,11-12,16-20,23H2,1-2H3,(H,42,44)/b5-4-,31-9+/t29?,36-,41-/m0/s1. The minimum atomic E-state index is -1.62. The fourth-order valence-electron chi connectivity index (χ4n) is 7.15. The zero-order valence-electron chi connectivity index (χ0n) is 29.2. The molecular weight excluding hydrogens is 660 g/mol. The first-order chi connectivity index (χ1) is 25.3. The van der Waals surface area contributed by atoms with Crippen LogP contribution in [0.5, 0.6) is 11.5 Å². The van der Waals surface area contributed by atoms with E-state index in [1.54, 1.807) is 36.2 Å². The maximum Gasteiger partial charge on any atom is 0.258 e. The fourth-order valence-corrected chi connectivity index (χ4v) is 7.15. The number of ketones is 1. The summed E-state index contributed by atoms with van der Waals surface area (Å²) in [5.41, 5.74) is 4.89. The van der Waals surface area contributed by atoms with Crippen molar-refractivity contribution in [2.24, 2.45) is 0 Å². The molecule has 11 nitrogen and oxygen atoms in total. The molecule has 2 aromatic heterocycles. The first-order valence-corrected chi connectivity index (χ1v) is 17.6. The average molecular weight is 701 g/mol. The van der Waals surface area contributed by atoms with E-state index in [1.807, 2.05) is 37.4 Å². The molecule has 0 saturated carbocycles. The number of fused-ring (bicyclic) bond motifs is 5. The van der Waals surface area contributed by atoms with E-state index in [0.717, 1.165) is 34.3 Å². The second-order valence-corrected chi connectivity index (χ2v) is 13.2. The summed E-state index contributed by atoms with van der Waals surface area (Å²) < 4.78 is 18.4. The van der Waals surface area contributed by atoms with Crippen LogP contribution in [0.2, 0.25) is 0 Å². The van der Waals surface area contributed by atoms with E-state index in [1.165, 1.54) is 0 Å². The van der Waals surface area contributed by atoms with E-state index in [9.17, 15) is 19.8 Å². The first-order valence-electron chi connectivity index (χ1n) is 17.6. The summed E-state index contributed by atoms with van der Waals surface area (Å²) >= 11 is 0. The number of Topliss-reactive ketones (excluding diaryl/α,β-unsaturated/α-hetero) is 1. The van der Waals surface area contributed by atoms with Gasteiger partial charge < -0.3 is 29.3 Å². The number of allylic oxidation sites excluding steroid dienone is 4. The third kappa shape index (κ3) is 6.91. The van der Waals surface area contributed by atoms with Gasteiger partial charge in [0.1, 0.15) is 18.2 Å². The van der Waals surface area contributed by atoms with Crippen molar-refractivity contribution in [2.45, 2.75) is 70.1 Å². The van der Waals surface area contributed by atoms with Gasteiger partial charge in [0.15, 0.2) is 22.9 Å². The molecule has 2 aliphatic carbocycles. The van der Waals surface area contributed by atoms with Crippen LogP contribution in [0.25, 0.3) is 16.6 Å². The maximum absolute atomic E-state index is 14.0. The van der Waals surface area contributed by atoms with Gasteiger partial charge in [0.2, 0.25) is 0 Å². The summed E-state index contributed by atoms with van der Waals surface area (Å²) in [6, 6.07) is 7.47. The van der Waals surface area contributed by atoms with E-state index in [2.05, 4.69) is 33.9 Å². The lowest BCUT2D eigenvalue weighted by Crippen LogP contribution is -2.41. The minimum Gasteiger partial charge on any atom is -0.490 e. The normalized spacial score (nSPS) is 23.6. The number of nitrogens with zero attached hydrogens (tertiary/aromatic N) is 3. The van der Waals surface area contributed by atoms with Crippen molar-refractivity contribution in [1.82, 2.24) is 20.1 Å². The summed E-state index contributed by atoms with van der Waals surface area (Å²) in [5.74, 6) is 12.3. The second-order valence-electron chi connectivity index (χ2n) is 13.2. The van der Waals surface area contributed by atoms with Gasteiger partial charge in [-0.1, -0.05) is 36.7 Å². The van der Waals surface area contributed by atoms with Gasteiger partial charge in [-0.3, -0.25) is 14.7 Å². The number of aromatic amines is 1. The van der Waals surface area contributed by atoms with Crippen LogP contribution in [-0.2, 0) is 16.0 Å². The van der Waals surface area contributed by atoms with Crippen molar-refractivity contribution in [1.29, 1.82) is 0 Å². The summed E-state index contributed by atoms with van der Waals surface area (Å²) in [7, 11) is 0. The van der Waals surface area contributed by atoms with Gasteiger partial charge in [0, 0.05) is 29.8 Å². The number of carbonyl (C=O) groups excluding carboxylic acids is 2. The molecule has 4 heterocycles. The van der Waals surface area contributed by atoms with Gasteiger partial charge in [-0.2, -0.15) is 5.10 Å². The average Bonchev–Trinajstić information content (AvgIpc) is 3.77. The molecule has 2 bridgehead atoms. The van der Waals surface area contributed by atoms with Gasteiger partial charge in [-0.15, -0.1) is 0 Å². The molecular formula is C41H40N4O7. The Morgan fingerprint density at radius 2 is 1.94 bits per heavy atom. The number of ether oxygens (including phenoxy) is 3. The highest BCUT2D eigenvalue weighted by Crippen LogP contribution is 2.40. The van der Waals surface area contributed by atoms with E-state index < -0.39 is 11.7 Å². The smallest absolute Gasteiger partial charge is 0.258 e. The van der Waals surface area contributed by atoms with Crippen LogP contribution in [0.4, 0.5) is 0 Å². The Hall–Kier alpha value is -5.46. The van der Waals surface area contributed by atoms with Crippen LogP contribution < -0.4 is 9.47 Å². The molecule has 3 atom stereocenters. The van der Waals surface area contributed by atoms with Crippen LogP contribution in [-0.4, -0.2) is 86.2 Å². The summed E-state index contributed by atoms with van der Waals surface area (Å²) in [5, 5.41) is 28.0. The number of pyridine rings is 1. The number of aliphatic hydroxyl groups is 2. The van der Waals surface area contributed by atoms with Crippen molar-refractivity contribution in [2.75, 3.05) is 26.4 Å². The van der Waals surface area contributed by atoms with E-state index >= 15 is 0 Å². The maximum atomic E-state index is 14.0. The summed E-state index contributed by atoms with van der Waals surface area (Å²) in [6.45, 7) is 4.06. The SMILES string of the molecule is CC/C=C1\C2=C(C)C(=O)C[C@@]1(O)C#C/C=C\C#C[C@@H]2OCCCOc1cc2c(cc1OCCO)C(=O)N1C=C(c3ccc4[nH]ncc4n3)CC1CC2. The number of rotatable bonds is 11. The van der Waals surface area contributed by atoms with Crippen LogP contribution in [0.15, 0.2) is 71.6 Å². The van der Waals surface area contributed by atoms with Crippen molar-refractivity contribution >= 4 is 28.3 Å². The Kier molecular flexibility index (Phi) is 10.1. The molecule has 1 aromatic carbocycles. The van der Waals surface area contributed by atoms with Gasteiger partial charge in [0.25, 0.3) is 5.91 Å². The first kappa shape index (κ1) is 35.0. The lowest BCUT2D eigenvalue weighted by molar-refractivity contribution is -0.118. The molecule has 0 spiro atoms. The van der Waals surface area contributed by atoms with Crippen LogP contribution in [0.1, 0.15) is 67.6 Å². The molecule has 266 valence electrons. The van der Waals surface area contributed by atoms with Crippen LogP contribution >= 0.6 is 0 Å². The highest BCUT2D eigenvalue weighted by atomic mass is 16.5. The van der Waals surface area contributed by atoms with Crippen molar-refractivity contribution in [3.8, 4) is 35.2 Å². The zero-order chi connectivity index (χ0) is 36.2. The molecule has 3 N–H and O–H groups in total. The molecule has 2 aliphatic heterocycles. The number of H-pyrrole nitrogens is 1. The monoisotopic (exact) mass is 700 g/mol. The zero-order valence-corrected chi connectivity index (χ0v) is 29.2.